The zero-order chi connectivity index (χ0) is 18.0. The van der Waals surface area contributed by atoms with Crippen LogP contribution in [-0.2, 0) is 0 Å². The normalized spacial score (nSPS) is 33.7. The predicted octanol–water partition coefficient (Wildman–Crippen LogP) is 5.48. The van der Waals surface area contributed by atoms with Gasteiger partial charge in [0.2, 0.25) is 0 Å². The standard InChI is InChI=1S/C23H42N2/c1-6-20-11-13-24(14-12-20)19(5)8-7-18(4)21-15-22-9-10-23(16-21)25(22)17(2)3/h6,17-19,21-23H,7-16H2,1-5H3. The van der Waals surface area contributed by atoms with Crippen LogP contribution in [0.2, 0.25) is 0 Å². The molecule has 25 heavy (non-hydrogen) atoms. The minimum atomic E-state index is 0.745. The van der Waals surface area contributed by atoms with Gasteiger partial charge in [-0.2, -0.15) is 0 Å². The molecule has 0 aromatic rings. The van der Waals surface area contributed by atoms with Crippen LogP contribution < -0.4 is 0 Å². The van der Waals surface area contributed by atoms with Crippen LogP contribution in [0, 0.1) is 11.8 Å². The maximum Gasteiger partial charge on any atom is 0.0104 e. The van der Waals surface area contributed by atoms with E-state index in [1.165, 1.54) is 64.5 Å². The molecule has 3 fully saturated rings. The number of nitrogens with zero attached hydrogens (tertiary/aromatic N) is 2. The van der Waals surface area contributed by atoms with Crippen molar-refractivity contribution in [1.82, 2.24) is 9.80 Å². The predicted molar refractivity (Wildman–Crippen MR) is 109 cm³/mol. The van der Waals surface area contributed by atoms with Gasteiger partial charge in [-0.05, 0) is 90.9 Å². The molecular weight excluding hydrogens is 304 g/mol. The molecule has 2 bridgehead atoms. The molecule has 0 aromatic heterocycles. The van der Waals surface area contributed by atoms with Gasteiger partial charge < -0.3 is 4.90 Å². The molecule has 0 aromatic carbocycles. The molecule has 0 radical (unpaired) electrons. The summed E-state index contributed by atoms with van der Waals surface area (Å²) in [7, 11) is 0. The Bertz CT molecular complexity index is 431. The fourth-order valence-electron chi connectivity index (χ4n) is 6.03. The van der Waals surface area contributed by atoms with Gasteiger partial charge in [0.25, 0.3) is 0 Å². The van der Waals surface area contributed by atoms with Gasteiger partial charge in [-0.3, -0.25) is 4.90 Å². The summed E-state index contributed by atoms with van der Waals surface area (Å²) in [6, 6.07) is 3.30. The van der Waals surface area contributed by atoms with Gasteiger partial charge >= 0.3 is 0 Å². The Hall–Kier alpha value is -0.340. The van der Waals surface area contributed by atoms with E-state index in [-0.39, 0.29) is 0 Å². The summed E-state index contributed by atoms with van der Waals surface area (Å²) in [5.41, 5.74) is 1.67. The summed E-state index contributed by atoms with van der Waals surface area (Å²) < 4.78 is 0. The van der Waals surface area contributed by atoms with E-state index in [1.807, 2.05) is 0 Å². The summed E-state index contributed by atoms with van der Waals surface area (Å²) in [5.74, 6) is 1.89. The van der Waals surface area contributed by atoms with Crippen molar-refractivity contribution in [3.8, 4) is 0 Å². The van der Waals surface area contributed by atoms with Crippen molar-refractivity contribution in [2.45, 2.75) is 110 Å². The maximum atomic E-state index is 2.85. The van der Waals surface area contributed by atoms with Crippen molar-refractivity contribution in [1.29, 1.82) is 0 Å². The Morgan fingerprint density at radius 1 is 0.960 bits per heavy atom. The van der Waals surface area contributed by atoms with E-state index in [2.05, 4.69) is 50.5 Å². The van der Waals surface area contributed by atoms with Gasteiger partial charge in [-0.15, -0.1) is 0 Å². The molecule has 3 saturated heterocycles. The molecule has 2 heteroatoms. The Morgan fingerprint density at radius 3 is 2.08 bits per heavy atom. The maximum absolute atomic E-state index is 2.85. The van der Waals surface area contributed by atoms with Gasteiger partial charge in [0.05, 0.1) is 0 Å². The second kappa shape index (κ2) is 8.57. The molecule has 3 rings (SSSR count). The highest BCUT2D eigenvalue weighted by molar-refractivity contribution is 5.04. The van der Waals surface area contributed by atoms with E-state index < -0.39 is 0 Å². The van der Waals surface area contributed by atoms with Crippen molar-refractivity contribution < 1.29 is 0 Å². The molecule has 4 atom stereocenters. The minimum Gasteiger partial charge on any atom is -0.300 e. The first-order valence-corrected chi connectivity index (χ1v) is 11.1. The van der Waals surface area contributed by atoms with Crippen LogP contribution in [-0.4, -0.2) is 47.1 Å². The number of hydrogen-bond acceptors (Lipinski definition) is 2. The highest BCUT2D eigenvalue weighted by atomic mass is 15.2. The number of hydrogen-bond donors (Lipinski definition) is 0. The van der Waals surface area contributed by atoms with Crippen LogP contribution in [0.25, 0.3) is 0 Å². The summed E-state index contributed by atoms with van der Waals surface area (Å²) in [4.78, 5) is 5.59. The second-order valence-corrected chi connectivity index (χ2v) is 9.54. The van der Waals surface area contributed by atoms with Crippen LogP contribution in [0.5, 0.6) is 0 Å². The van der Waals surface area contributed by atoms with E-state index in [9.17, 15) is 0 Å². The first-order chi connectivity index (χ1) is 12.0. The molecule has 0 N–H and O–H groups in total. The van der Waals surface area contributed by atoms with Gasteiger partial charge in [-0.1, -0.05) is 18.6 Å². The molecule has 2 nitrogen and oxygen atoms in total. The third kappa shape index (κ3) is 4.50. The largest absolute Gasteiger partial charge is 0.300 e. The van der Waals surface area contributed by atoms with E-state index in [4.69, 9.17) is 0 Å². The lowest BCUT2D eigenvalue weighted by Crippen LogP contribution is -2.47. The fourth-order valence-corrected chi connectivity index (χ4v) is 6.03. The Kier molecular flexibility index (Phi) is 6.65. The molecule has 4 unspecified atom stereocenters. The van der Waals surface area contributed by atoms with Crippen molar-refractivity contribution in [3.63, 3.8) is 0 Å². The summed E-state index contributed by atoms with van der Waals surface area (Å²) in [6.07, 6.45) is 13.6. The van der Waals surface area contributed by atoms with Crippen molar-refractivity contribution in [2.75, 3.05) is 13.1 Å². The highest BCUT2D eigenvalue weighted by Gasteiger charge is 2.42. The quantitative estimate of drug-likeness (QED) is 0.587. The van der Waals surface area contributed by atoms with Crippen LogP contribution in [0.3, 0.4) is 0 Å². The monoisotopic (exact) mass is 346 g/mol. The average Bonchev–Trinajstić information content (AvgIpc) is 2.90. The van der Waals surface area contributed by atoms with Gasteiger partial charge in [0, 0.05) is 37.3 Å². The average molecular weight is 347 g/mol. The number of likely N-dealkylation sites (tertiary alicyclic amines) is 1. The van der Waals surface area contributed by atoms with Crippen molar-refractivity contribution in [2.24, 2.45) is 11.8 Å². The molecular formula is C23H42N2. The second-order valence-electron chi connectivity index (χ2n) is 9.54. The van der Waals surface area contributed by atoms with E-state index >= 15 is 0 Å². The number of fused-ring (bicyclic) bond motifs is 2. The molecule has 144 valence electrons. The number of rotatable bonds is 6. The summed E-state index contributed by atoms with van der Waals surface area (Å²) in [5, 5.41) is 0. The minimum absolute atomic E-state index is 0.745. The Labute approximate surface area is 157 Å². The fraction of sp³-hybridized carbons (Fsp3) is 0.913. The lowest BCUT2D eigenvalue weighted by molar-refractivity contribution is 0.0522. The van der Waals surface area contributed by atoms with Crippen LogP contribution in [0.15, 0.2) is 11.6 Å². The molecule has 0 amide bonds. The molecule has 0 spiro atoms. The first kappa shape index (κ1) is 19.4. The Morgan fingerprint density at radius 2 is 1.56 bits per heavy atom. The zero-order valence-corrected chi connectivity index (χ0v) is 17.5. The third-order valence-corrected chi connectivity index (χ3v) is 7.74. The number of allylic oxidation sites excluding steroid dienone is 1. The van der Waals surface area contributed by atoms with E-state index in [0.29, 0.717) is 0 Å². The van der Waals surface area contributed by atoms with Gasteiger partial charge in [0.1, 0.15) is 0 Å². The highest BCUT2D eigenvalue weighted by Crippen LogP contribution is 2.43. The molecule has 3 aliphatic heterocycles. The molecule has 0 aliphatic carbocycles. The lowest BCUT2D eigenvalue weighted by Gasteiger charge is -2.43. The van der Waals surface area contributed by atoms with Crippen molar-refractivity contribution in [3.05, 3.63) is 11.6 Å². The Balaban J connectivity index is 1.43. The van der Waals surface area contributed by atoms with E-state index in [0.717, 1.165) is 36.0 Å². The van der Waals surface area contributed by atoms with Crippen molar-refractivity contribution >= 4 is 0 Å². The molecule has 3 aliphatic rings. The third-order valence-electron chi connectivity index (χ3n) is 7.74. The van der Waals surface area contributed by atoms with Gasteiger partial charge in [0.15, 0.2) is 0 Å². The SMILES string of the molecule is CC=C1CCN(C(C)CCC(C)C2CC3CCC(C2)N3C(C)C)CC1. The summed E-state index contributed by atoms with van der Waals surface area (Å²) >= 11 is 0. The van der Waals surface area contributed by atoms with Crippen LogP contribution in [0.1, 0.15) is 86.0 Å². The van der Waals surface area contributed by atoms with Crippen LogP contribution in [0.4, 0.5) is 0 Å². The van der Waals surface area contributed by atoms with Crippen LogP contribution >= 0.6 is 0 Å². The van der Waals surface area contributed by atoms with Gasteiger partial charge in [-0.25, -0.2) is 0 Å². The number of piperidine rings is 2. The summed E-state index contributed by atoms with van der Waals surface area (Å²) in [6.45, 7) is 14.6. The first-order valence-electron chi connectivity index (χ1n) is 11.1. The lowest BCUT2D eigenvalue weighted by atomic mass is 9.79. The topological polar surface area (TPSA) is 6.48 Å². The smallest absolute Gasteiger partial charge is 0.0104 e. The zero-order valence-electron chi connectivity index (χ0n) is 17.5. The van der Waals surface area contributed by atoms with E-state index in [1.54, 1.807) is 5.57 Å². The molecule has 0 saturated carbocycles. The molecule has 3 heterocycles.